The molecule has 0 fully saturated rings. The molecule has 2 heterocycles. The molecule has 1 aliphatic rings. The molecule has 1 aliphatic heterocycles. The van der Waals surface area contributed by atoms with E-state index in [-0.39, 0.29) is 0 Å². The van der Waals surface area contributed by atoms with Crippen LogP contribution >= 0.6 is 0 Å². The third kappa shape index (κ3) is 3.37. The number of carboxylic acid groups (broad SMARTS) is 1. The predicted octanol–water partition coefficient (Wildman–Crippen LogP) is 0.932. The van der Waals surface area contributed by atoms with Gasteiger partial charge in [0.05, 0.1) is 6.54 Å². The zero-order valence-corrected chi connectivity index (χ0v) is 12.3. The Kier molecular flexibility index (Phi) is 4.77. The first-order valence-corrected chi connectivity index (χ1v) is 7.26. The highest BCUT2D eigenvalue weighted by Gasteiger charge is 2.32. The molecular formula is C14H24N4O2. The fourth-order valence-electron chi connectivity index (χ4n) is 2.47. The third-order valence-electron chi connectivity index (χ3n) is 3.99. The van der Waals surface area contributed by atoms with Gasteiger partial charge in [0.1, 0.15) is 11.4 Å². The Hall–Kier alpha value is -1.40. The number of rotatable bonds is 7. The fourth-order valence-corrected chi connectivity index (χ4v) is 2.47. The van der Waals surface area contributed by atoms with Gasteiger partial charge in [0.15, 0.2) is 0 Å². The van der Waals surface area contributed by atoms with Crippen LogP contribution in [0, 0.1) is 0 Å². The van der Waals surface area contributed by atoms with E-state index in [4.69, 9.17) is 0 Å². The summed E-state index contributed by atoms with van der Waals surface area (Å²) in [5, 5.41) is 12.6. The van der Waals surface area contributed by atoms with Crippen molar-refractivity contribution in [3.05, 3.63) is 18.2 Å². The fraction of sp³-hybridized carbons (Fsp3) is 0.714. The Balaban J connectivity index is 1.89. The van der Waals surface area contributed by atoms with E-state index in [0.717, 1.165) is 45.0 Å². The topological polar surface area (TPSA) is 70.4 Å². The highest BCUT2D eigenvalue weighted by Crippen LogP contribution is 2.15. The average Bonchev–Trinajstić information content (AvgIpc) is 2.90. The van der Waals surface area contributed by atoms with Gasteiger partial charge in [-0.2, -0.15) is 0 Å². The van der Waals surface area contributed by atoms with Crippen molar-refractivity contribution >= 4 is 5.97 Å². The lowest BCUT2D eigenvalue weighted by atomic mass is 9.97. The number of hydrogen-bond acceptors (Lipinski definition) is 4. The maximum Gasteiger partial charge on any atom is 0.323 e. The van der Waals surface area contributed by atoms with Crippen molar-refractivity contribution in [2.24, 2.45) is 0 Å². The molecule has 0 saturated heterocycles. The van der Waals surface area contributed by atoms with Crippen molar-refractivity contribution in [3.8, 4) is 0 Å². The molecular weight excluding hydrogens is 256 g/mol. The molecule has 2 rings (SSSR count). The van der Waals surface area contributed by atoms with E-state index in [1.54, 1.807) is 6.92 Å². The largest absolute Gasteiger partial charge is 0.480 e. The summed E-state index contributed by atoms with van der Waals surface area (Å²) in [5.41, 5.74) is -0.844. The van der Waals surface area contributed by atoms with Gasteiger partial charge in [-0.15, -0.1) is 0 Å². The lowest BCUT2D eigenvalue weighted by Crippen LogP contribution is -2.52. The molecule has 1 aromatic rings. The molecule has 0 aromatic carbocycles. The van der Waals surface area contributed by atoms with Crippen molar-refractivity contribution in [2.45, 2.75) is 45.3 Å². The van der Waals surface area contributed by atoms with Gasteiger partial charge in [0.25, 0.3) is 0 Å². The van der Waals surface area contributed by atoms with E-state index in [2.05, 4.69) is 19.8 Å². The van der Waals surface area contributed by atoms with E-state index in [9.17, 15) is 9.90 Å². The number of fused-ring (bicyclic) bond motifs is 1. The Morgan fingerprint density at radius 2 is 2.35 bits per heavy atom. The zero-order chi connectivity index (χ0) is 14.6. The second-order valence-corrected chi connectivity index (χ2v) is 5.63. The van der Waals surface area contributed by atoms with Crippen LogP contribution in [0.4, 0.5) is 0 Å². The number of nitrogens with zero attached hydrogens (tertiary/aromatic N) is 3. The van der Waals surface area contributed by atoms with Gasteiger partial charge in [0.2, 0.25) is 0 Å². The number of carbonyl (C=O) groups is 1. The zero-order valence-electron chi connectivity index (χ0n) is 12.3. The van der Waals surface area contributed by atoms with E-state index in [1.165, 1.54) is 0 Å². The summed E-state index contributed by atoms with van der Waals surface area (Å²) in [7, 11) is 0. The standard InChI is InChI=1S/C14H24N4O2/c1-3-5-16-14(2,13(19)20)4-7-17-9-10-18-8-6-15-12(18)11-17/h6,8,16H,3-5,7,9-11H2,1-2H3,(H,19,20). The van der Waals surface area contributed by atoms with Crippen LogP contribution in [0.25, 0.3) is 0 Å². The number of nitrogens with one attached hydrogen (secondary N) is 1. The van der Waals surface area contributed by atoms with Crippen LogP contribution in [-0.4, -0.2) is 50.7 Å². The van der Waals surface area contributed by atoms with Gasteiger partial charge in [-0.25, -0.2) is 4.98 Å². The Labute approximate surface area is 119 Å². The van der Waals surface area contributed by atoms with Crippen LogP contribution in [0.2, 0.25) is 0 Å². The summed E-state index contributed by atoms with van der Waals surface area (Å²) in [5.74, 6) is 0.291. The maximum atomic E-state index is 11.5. The number of aromatic nitrogens is 2. The van der Waals surface area contributed by atoms with Gasteiger partial charge in [-0.05, 0) is 26.3 Å². The smallest absolute Gasteiger partial charge is 0.323 e. The van der Waals surface area contributed by atoms with Gasteiger partial charge in [-0.3, -0.25) is 9.69 Å². The minimum absolute atomic E-state index is 0.600. The monoisotopic (exact) mass is 280 g/mol. The summed E-state index contributed by atoms with van der Waals surface area (Å²) in [6, 6.07) is 0. The van der Waals surface area contributed by atoms with Crippen LogP contribution < -0.4 is 5.32 Å². The summed E-state index contributed by atoms with van der Waals surface area (Å²) in [6.45, 7) is 8.00. The van der Waals surface area contributed by atoms with Crippen LogP contribution in [-0.2, 0) is 17.9 Å². The number of carboxylic acids is 1. The number of aliphatic carboxylic acids is 1. The molecule has 0 radical (unpaired) electrons. The Morgan fingerprint density at radius 1 is 1.55 bits per heavy atom. The summed E-state index contributed by atoms with van der Waals surface area (Å²) < 4.78 is 2.15. The maximum absolute atomic E-state index is 11.5. The first kappa shape index (κ1) is 15.0. The third-order valence-corrected chi connectivity index (χ3v) is 3.99. The highest BCUT2D eigenvalue weighted by molar-refractivity contribution is 5.78. The molecule has 1 atom stereocenters. The van der Waals surface area contributed by atoms with Crippen LogP contribution in [0.15, 0.2) is 12.4 Å². The Bertz CT molecular complexity index is 460. The molecule has 0 aliphatic carbocycles. The molecule has 0 bridgehead atoms. The molecule has 6 heteroatoms. The van der Waals surface area contributed by atoms with Crippen molar-refractivity contribution in [1.82, 2.24) is 19.8 Å². The van der Waals surface area contributed by atoms with Crippen molar-refractivity contribution in [3.63, 3.8) is 0 Å². The second-order valence-electron chi connectivity index (χ2n) is 5.63. The van der Waals surface area contributed by atoms with E-state index < -0.39 is 11.5 Å². The molecule has 1 aromatic heterocycles. The summed E-state index contributed by atoms with van der Waals surface area (Å²) >= 11 is 0. The van der Waals surface area contributed by atoms with E-state index in [1.807, 2.05) is 19.3 Å². The van der Waals surface area contributed by atoms with Crippen LogP contribution in [0.5, 0.6) is 0 Å². The van der Waals surface area contributed by atoms with Gasteiger partial charge in [-0.1, -0.05) is 6.92 Å². The number of imidazole rings is 1. The van der Waals surface area contributed by atoms with Crippen molar-refractivity contribution in [2.75, 3.05) is 19.6 Å². The van der Waals surface area contributed by atoms with E-state index in [0.29, 0.717) is 6.42 Å². The van der Waals surface area contributed by atoms with Crippen LogP contribution in [0.1, 0.15) is 32.5 Å². The molecule has 20 heavy (non-hydrogen) atoms. The molecule has 2 N–H and O–H groups in total. The van der Waals surface area contributed by atoms with Crippen molar-refractivity contribution < 1.29 is 9.90 Å². The lowest BCUT2D eigenvalue weighted by molar-refractivity contribution is -0.144. The number of hydrogen-bond donors (Lipinski definition) is 2. The van der Waals surface area contributed by atoms with Gasteiger partial charge >= 0.3 is 5.97 Å². The molecule has 0 amide bonds. The highest BCUT2D eigenvalue weighted by atomic mass is 16.4. The molecule has 6 nitrogen and oxygen atoms in total. The SMILES string of the molecule is CCCNC(C)(CCN1CCn2ccnc2C1)C(=O)O. The molecule has 1 unspecified atom stereocenters. The normalized spacial score (nSPS) is 18.5. The van der Waals surface area contributed by atoms with Gasteiger partial charge < -0.3 is 15.0 Å². The molecule has 112 valence electrons. The predicted molar refractivity (Wildman–Crippen MR) is 76.5 cm³/mol. The lowest BCUT2D eigenvalue weighted by Gasteiger charge is -2.32. The minimum atomic E-state index is -0.844. The summed E-state index contributed by atoms with van der Waals surface area (Å²) in [4.78, 5) is 18.1. The molecule has 0 spiro atoms. The average molecular weight is 280 g/mol. The quantitative estimate of drug-likeness (QED) is 0.777. The first-order chi connectivity index (χ1) is 9.55. The second kappa shape index (κ2) is 6.37. The molecule has 0 saturated carbocycles. The first-order valence-electron chi connectivity index (χ1n) is 7.26. The van der Waals surface area contributed by atoms with E-state index >= 15 is 0 Å². The summed E-state index contributed by atoms with van der Waals surface area (Å²) in [6.07, 6.45) is 5.35. The van der Waals surface area contributed by atoms with Crippen molar-refractivity contribution in [1.29, 1.82) is 0 Å². The minimum Gasteiger partial charge on any atom is -0.480 e. The van der Waals surface area contributed by atoms with Gasteiger partial charge in [0, 0.05) is 32.0 Å². The Morgan fingerprint density at radius 3 is 3.05 bits per heavy atom. The van der Waals surface area contributed by atoms with Crippen LogP contribution in [0.3, 0.4) is 0 Å².